The van der Waals surface area contributed by atoms with E-state index in [1.807, 2.05) is 6.07 Å². The second kappa shape index (κ2) is 4.85. The average molecular weight is 211 g/mol. The van der Waals surface area contributed by atoms with Crippen molar-refractivity contribution in [3.63, 3.8) is 0 Å². The normalized spacial score (nSPS) is 11.9. The smallest absolute Gasteiger partial charge is 0.120 e. The van der Waals surface area contributed by atoms with E-state index in [1.165, 1.54) is 0 Å². The van der Waals surface area contributed by atoms with Gasteiger partial charge in [-0.2, -0.15) is 5.26 Å². The first-order chi connectivity index (χ1) is 6.69. The Morgan fingerprint density at radius 2 is 2.36 bits per heavy atom. The number of methoxy groups -OCH3 is 1. The number of nitrogens with zero attached hydrogens (tertiary/aromatic N) is 1. The molecule has 0 fully saturated rings. The van der Waals surface area contributed by atoms with Crippen molar-refractivity contribution in [1.29, 1.82) is 5.26 Å². The lowest BCUT2D eigenvalue weighted by Gasteiger charge is -2.10. The van der Waals surface area contributed by atoms with E-state index in [4.69, 9.17) is 27.3 Å². The highest BCUT2D eigenvalue weighted by atomic mass is 35.5. The molecule has 0 saturated heterocycles. The van der Waals surface area contributed by atoms with Crippen LogP contribution in [0.4, 0.5) is 0 Å². The maximum atomic E-state index is 8.49. The predicted octanol–water partition coefficient (Wildman–Crippen LogP) is 2.26. The number of nitriles is 1. The van der Waals surface area contributed by atoms with Crippen molar-refractivity contribution in [2.24, 2.45) is 5.73 Å². The van der Waals surface area contributed by atoms with Gasteiger partial charge in [-0.15, -0.1) is 0 Å². The molecule has 1 rings (SSSR count). The van der Waals surface area contributed by atoms with Gasteiger partial charge >= 0.3 is 0 Å². The summed E-state index contributed by atoms with van der Waals surface area (Å²) in [4.78, 5) is 0. The molecule has 0 radical (unpaired) electrons. The molecule has 14 heavy (non-hydrogen) atoms. The lowest BCUT2D eigenvalue weighted by Crippen LogP contribution is -2.09. The zero-order valence-electron chi connectivity index (χ0n) is 7.83. The van der Waals surface area contributed by atoms with Gasteiger partial charge in [-0.3, -0.25) is 0 Å². The van der Waals surface area contributed by atoms with Crippen LogP contribution in [-0.2, 0) is 0 Å². The van der Waals surface area contributed by atoms with E-state index >= 15 is 0 Å². The number of benzene rings is 1. The van der Waals surface area contributed by atoms with Crippen LogP contribution in [-0.4, -0.2) is 7.11 Å². The summed E-state index contributed by atoms with van der Waals surface area (Å²) in [7, 11) is 1.57. The molecule has 0 bridgehead atoms. The molecule has 0 spiro atoms. The van der Waals surface area contributed by atoms with Gasteiger partial charge in [-0.25, -0.2) is 0 Å². The van der Waals surface area contributed by atoms with E-state index in [-0.39, 0.29) is 12.5 Å². The zero-order chi connectivity index (χ0) is 10.6. The Kier molecular flexibility index (Phi) is 3.75. The fraction of sp³-hybridized carbons (Fsp3) is 0.300. The van der Waals surface area contributed by atoms with Crippen LogP contribution in [0, 0.1) is 11.3 Å². The van der Waals surface area contributed by atoms with Crippen molar-refractivity contribution in [2.75, 3.05) is 7.11 Å². The number of ether oxygens (including phenoxy) is 1. The molecule has 0 aliphatic carbocycles. The van der Waals surface area contributed by atoms with E-state index in [1.54, 1.807) is 25.3 Å². The van der Waals surface area contributed by atoms with Gasteiger partial charge < -0.3 is 10.5 Å². The second-order valence-corrected chi connectivity index (χ2v) is 3.26. The number of halogens is 1. The largest absolute Gasteiger partial charge is 0.497 e. The van der Waals surface area contributed by atoms with E-state index in [2.05, 4.69) is 0 Å². The Morgan fingerprint density at radius 3 is 2.86 bits per heavy atom. The van der Waals surface area contributed by atoms with Crippen LogP contribution in [0.3, 0.4) is 0 Å². The summed E-state index contributed by atoms with van der Waals surface area (Å²) in [5.41, 5.74) is 6.52. The van der Waals surface area contributed by atoms with E-state index in [0.29, 0.717) is 10.8 Å². The third-order valence-corrected chi connectivity index (χ3v) is 2.25. The van der Waals surface area contributed by atoms with Crippen molar-refractivity contribution in [2.45, 2.75) is 12.5 Å². The topological polar surface area (TPSA) is 59.0 Å². The van der Waals surface area contributed by atoms with Crippen LogP contribution < -0.4 is 10.5 Å². The Hall–Kier alpha value is -1.24. The minimum absolute atomic E-state index is 0.256. The van der Waals surface area contributed by atoms with Gasteiger partial charge in [0.2, 0.25) is 0 Å². The first kappa shape index (κ1) is 10.8. The minimum atomic E-state index is -0.335. The predicted molar refractivity (Wildman–Crippen MR) is 55.2 cm³/mol. The summed E-state index contributed by atoms with van der Waals surface area (Å²) in [6, 6.07) is 6.92. The number of rotatable bonds is 3. The maximum Gasteiger partial charge on any atom is 0.120 e. The molecular formula is C10H11ClN2O. The second-order valence-electron chi connectivity index (χ2n) is 2.86. The highest BCUT2D eigenvalue weighted by Gasteiger charge is 2.10. The average Bonchev–Trinajstić information content (AvgIpc) is 2.17. The first-order valence-corrected chi connectivity index (χ1v) is 4.52. The van der Waals surface area contributed by atoms with Crippen LogP contribution in [0.15, 0.2) is 18.2 Å². The summed E-state index contributed by atoms with van der Waals surface area (Å²) in [6.07, 6.45) is 0.256. The molecule has 4 heteroatoms. The van der Waals surface area contributed by atoms with Crippen molar-refractivity contribution >= 4 is 11.6 Å². The lowest BCUT2D eigenvalue weighted by molar-refractivity contribution is 0.414. The molecule has 3 nitrogen and oxygen atoms in total. The molecule has 1 aromatic carbocycles. The Balaban J connectivity index is 2.94. The Morgan fingerprint density at radius 1 is 1.64 bits per heavy atom. The lowest BCUT2D eigenvalue weighted by atomic mass is 10.1. The summed E-state index contributed by atoms with van der Waals surface area (Å²) >= 11 is 5.97. The molecule has 0 unspecified atom stereocenters. The summed E-state index contributed by atoms with van der Waals surface area (Å²) in [5, 5.41) is 9.03. The van der Waals surface area contributed by atoms with Gasteiger partial charge in [0.25, 0.3) is 0 Å². The van der Waals surface area contributed by atoms with Crippen molar-refractivity contribution in [3.8, 4) is 11.8 Å². The fourth-order valence-electron chi connectivity index (χ4n) is 1.14. The van der Waals surface area contributed by atoms with Crippen molar-refractivity contribution in [1.82, 2.24) is 0 Å². The molecule has 0 aliphatic rings. The third-order valence-electron chi connectivity index (χ3n) is 1.92. The van der Waals surface area contributed by atoms with Crippen LogP contribution >= 0.6 is 11.6 Å². The molecule has 74 valence electrons. The number of nitrogens with two attached hydrogens (primary N) is 1. The van der Waals surface area contributed by atoms with Crippen molar-refractivity contribution in [3.05, 3.63) is 28.8 Å². The van der Waals surface area contributed by atoms with Gasteiger partial charge in [0.1, 0.15) is 5.75 Å². The Bertz CT molecular complexity index is 360. The van der Waals surface area contributed by atoms with E-state index in [0.717, 1.165) is 5.56 Å². The summed E-state index contributed by atoms with van der Waals surface area (Å²) in [5.74, 6) is 0.683. The third kappa shape index (κ3) is 2.38. The minimum Gasteiger partial charge on any atom is -0.497 e. The first-order valence-electron chi connectivity index (χ1n) is 4.15. The van der Waals surface area contributed by atoms with Crippen LogP contribution in [0.2, 0.25) is 5.02 Å². The van der Waals surface area contributed by atoms with Gasteiger partial charge in [0.15, 0.2) is 0 Å². The molecule has 1 aromatic rings. The molecular weight excluding hydrogens is 200 g/mol. The molecule has 0 aromatic heterocycles. The van der Waals surface area contributed by atoms with Gasteiger partial charge in [-0.05, 0) is 17.7 Å². The number of hydrogen-bond donors (Lipinski definition) is 1. The van der Waals surface area contributed by atoms with E-state index < -0.39 is 0 Å². The van der Waals surface area contributed by atoms with Gasteiger partial charge in [0.05, 0.1) is 19.6 Å². The number of hydrogen-bond acceptors (Lipinski definition) is 3. The van der Waals surface area contributed by atoms with Crippen LogP contribution in [0.25, 0.3) is 0 Å². The molecule has 0 heterocycles. The fourth-order valence-corrected chi connectivity index (χ4v) is 1.45. The van der Waals surface area contributed by atoms with Gasteiger partial charge in [-0.1, -0.05) is 17.7 Å². The zero-order valence-corrected chi connectivity index (χ0v) is 8.58. The van der Waals surface area contributed by atoms with E-state index in [9.17, 15) is 0 Å². The maximum absolute atomic E-state index is 8.49. The quantitative estimate of drug-likeness (QED) is 0.833. The highest BCUT2D eigenvalue weighted by Crippen LogP contribution is 2.27. The monoisotopic (exact) mass is 210 g/mol. The van der Waals surface area contributed by atoms with Crippen molar-refractivity contribution < 1.29 is 4.74 Å². The van der Waals surface area contributed by atoms with Gasteiger partial charge in [0, 0.05) is 11.1 Å². The molecule has 0 amide bonds. The standard InChI is InChI=1S/C10H11ClN2O/c1-14-7-2-3-8(9(11)6-7)10(13)4-5-12/h2-3,6,10H,4,13H2,1H3/t10-/m1/s1. The highest BCUT2D eigenvalue weighted by molar-refractivity contribution is 6.31. The molecule has 1 atom stereocenters. The Labute approximate surface area is 88.0 Å². The SMILES string of the molecule is COc1ccc([C@H](N)CC#N)c(Cl)c1. The van der Waals surface area contributed by atoms with Crippen LogP contribution in [0.5, 0.6) is 5.75 Å². The molecule has 2 N–H and O–H groups in total. The summed E-state index contributed by atoms with van der Waals surface area (Å²) < 4.78 is 5.00. The van der Waals surface area contributed by atoms with Crippen LogP contribution in [0.1, 0.15) is 18.0 Å². The molecule has 0 saturated carbocycles. The summed E-state index contributed by atoms with van der Waals surface area (Å²) in [6.45, 7) is 0. The molecule has 0 aliphatic heterocycles.